The van der Waals surface area contributed by atoms with Crippen molar-refractivity contribution in [2.24, 2.45) is 0 Å². The fraction of sp³-hybridized carbons (Fsp3) is 0.659. The van der Waals surface area contributed by atoms with Crippen LogP contribution in [0.1, 0.15) is 590 Å². The van der Waals surface area contributed by atoms with Gasteiger partial charge in [0.1, 0.15) is 0 Å². The fourth-order valence-corrected chi connectivity index (χ4v) is 20.5. The molecule has 8 heteroatoms. The molecule has 6 nitrogen and oxygen atoms in total. The zero-order chi connectivity index (χ0) is 103. The van der Waals surface area contributed by atoms with Crippen molar-refractivity contribution in [2.75, 3.05) is 0 Å². The second-order valence-electron chi connectivity index (χ2n) is 41.7. The summed E-state index contributed by atoms with van der Waals surface area (Å²) in [6, 6.07) is 39.3. The summed E-state index contributed by atoms with van der Waals surface area (Å²) >= 11 is 0. The van der Waals surface area contributed by atoms with Gasteiger partial charge in [0.05, 0.1) is 13.2 Å². The van der Waals surface area contributed by atoms with E-state index in [1.807, 2.05) is 60.7 Å². The summed E-state index contributed by atoms with van der Waals surface area (Å²) in [5.41, 5.74) is 59.8. The van der Waals surface area contributed by atoms with Gasteiger partial charge in [-0.2, -0.15) is 12.8 Å². The molecule has 2 heterocycles. The third kappa shape index (κ3) is 54.1. The van der Waals surface area contributed by atoms with Gasteiger partial charge in [0.25, 0.3) is 0 Å². The minimum atomic E-state index is 0. The van der Waals surface area contributed by atoms with E-state index in [0.717, 1.165) is 143 Å². The Hall–Kier alpha value is -5.61. The van der Waals surface area contributed by atoms with Crippen LogP contribution in [0, 0.1) is 13.8 Å². The summed E-state index contributed by atoms with van der Waals surface area (Å²) in [4.78, 5) is 0. The van der Waals surface area contributed by atoms with E-state index in [2.05, 4.69) is 186 Å². The molecule has 812 valence electrons. The van der Waals surface area contributed by atoms with Gasteiger partial charge in [-0.1, -0.05) is 422 Å². The number of hydrogen-bond acceptors (Lipinski definition) is 2. The van der Waals surface area contributed by atoms with Crippen molar-refractivity contribution in [2.45, 2.75) is 580 Å². The van der Waals surface area contributed by atoms with E-state index in [4.69, 9.17) is 10.2 Å². The van der Waals surface area contributed by atoms with E-state index in [1.54, 1.807) is 65.0 Å². The van der Waals surface area contributed by atoms with Gasteiger partial charge >= 0.3 is 16.5 Å². The van der Waals surface area contributed by atoms with Crippen molar-refractivity contribution in [3.05, 3.63) is 257 Å². The van der Waals surface area contributed by atoms with Gasteiger partial charge in [-0.25, -0.2) is 9.39 Å². The average molecular weight is 2050 g/mol. The second kappa shape index (κ2) is 90.3. The van der Waals surface area contributed by atoms with E-state index < -0.39 is 0 Å². The third-order valence-corrected chi connectivity index (χ3v) is 29.2. The van der Waals surface area contributed by atoms with E-state index in [9.17, 15) is 11.1 Å². The molecule has 2 aliphatic heterocycles. The van der Waals surface area contributed by atoms with Gasteiger partial charge in [-0.15, -0.1) is 0 Å². The maximum Gasteiger partial charge on any atom is 2.00 e. The molecule has 0 aliphatic carbocycles. The van der Waals surface area contributed by atoms with Crippen LogP contribution in [0.3, 0.4) is 0 Å². The first-order valence-electron chi connectivity index (χ1n) is 60.5. The molecular formula is C135H220N4Ni2O2. The Morgan fingerprint density at radius 1 is 0.224 bits per heavy atom. The smallest absolute Gasteiger partial charge is 0.493 e. The topological polar surface area (TPSA) is 91.1 Å². The van der Waals surface area contributed by atoms with Gasteiger partial charge in [-0.05, 0) is 319 Å². The number of unbranched alkanes of at least 4 members (excludes halogenated alkanes) is 38. The second-order valence-corrected chi connectivity index (χ2v) is 41.7. The molecule has 6 aromatic rings. The van der Waals surface area contributed by atoms with E-state index in [-0.39, 0.29) is 46.2 Å². The minimum Gasteiger partial charge on any atom is -0.493 e. The Bertz CT molecular complexity index is 4130. The molecule has 0 spiro atoms. The van der Waals surface area contributed by atoms with Crippen molar-refractivity contribution < 1.29 is 52.6 Å². The Labute approximate surface area is 906 Å². The third-order valence-electron chi connectivity index (χ3n) is 29.2. The zero-order valence-corrected chi connectivity index (χ0v) is 98.1. The van der Waals surface area contributed by atoms with E-state index >= 15 is 0 Å². The Morgan fingerprint density at radius 3 is 0.699 bits per heavy atom. The van der Waals surface area contributed by atoms with E-state index in [1.165, 1.54) is 390 Å². The predicted molar refractivity (Wildman–Crippen MR) is 626 cm³/mol. The number of benzene rings is 6. The fourth-order valence-electron chi connectivity index (χ4n) is 20.5. The molecule has 2 aliphatic rings. The minimum absolute atomic E-state index is 0. The molecule has 0 atom stereocenters. The quantitative estimate of drug-likeness (QED) is 0.0172. The number of aryl methyl sites for hydroxylation is 8. The molecule has 0 radical (unpaired) electrons. The first-order chi connectivity index (χ1) is 69.1. The number of aliphatic hydroxyl groups excluding tert-OH is 2. The largest absolute Gasteiger partial charge is 2.00 e. The van der Waals surface area contributed by atoms with Crippen LogP contribution >= 0.6 is 0 Å². The van der Waals surface area contributed by atoms with Crippen LogP contribution in [0.2, 0.25) is 0 Å². The predicted octanol–water partition coefficient (Wildman–Crippen LogP) is 42.8. The number of aliphatic hydroxyl groups is 2. The number of allylic oxidation sites excluding steroid dienone is 4. The average Bonchev–Trinajstić information content (AvgIpc) is 1.58. The first kappa shape index (κ1) is 135. The molecule has 2 N–H and O–H groups in total. The molecule has 0 aromatic heterocycles. The van der Waals surface area contributed by atoms with Gasteiger partial charge in [0, 0.05) is 61.5 Å². The number of rotatable bonds is 74. The Morgan fingerprint density at radius 2 is 0.427 bits per heavy atom. The first-order valence-corrected chi connectivity index (χ1v) is 60.5. The van der Waals surface area contributed by atoms with Crippen LogP contribution in [-0.4, -0.2) is 19.6 Å². The summed E-state index contributed by atoms with van der Waals surface area (Å²) in [5, 5.41) is 17.1. The van der Waals surface area contributed by atoms with Crippen LogP contribution in [0.4, 0.5) is 0 Å². The number of hydrogen-bond donors (Lipinski definition) is 2. The summed E-state index contributed by atoms with van der Waals surface area (Å²) in [6.07, 6.45) is 89.2. The van der Waals surface area contributed by atoms with Crippen LogP contribution < -0.4 is 0 Å². The van der Waals surface area contributed by atoms with Crippen molar-refractivity contribution in [3.63, 3.8) is 0 Å². The van der Waals surface area contributed by atoms with Crippen molar-refractivity contribution in [3.8, 4) is 0 Å². The molecule has 0 saturated carbocycles. The van der Waals surface area contributed by atoms with Gasteiger partial charge in [-0.3, -0.25) is 0 Å². The molecule has 0 fully saturated rings. The molecule has 143 heavy (non-hydrogen) atoms. The van der Waals surface area contributed by atoms with Crippen LogP contribution in [-0.2, 0) is 123 Å². The molecule has 0 saturated heterocycles. The van der Waals surface area contributed by atoms with Crippen molar-refractivity contribution in [1.29, 1.82) is 0 Å². The van der Waals surface area contributed by atoms with Gasteiger partial charge < -0.3 is 35.1 Å². The normalized spacial score (nSPS) is 12.2. The molecule has 8 rings (SSSR count). The van der Waals surface area contributed by atoms with Crippen LogP contribution in [0.15, 0.2) is 132 Å². The molecule has 6 aromatic carbocycles. The molecule has 0 amide bonds. The number of nitrogens with zero attached hydrogens (tertiary/aromatic N) is 4. The molecule has 0 unspecified atom stereocenters. The van der Waals surface area contributed by atoms with Crippen LogP contribution in [0.25, 0.3) is 33.9 Å². The summed E-state index contributed by atoms with van der Waals surface area (Å²) < 4.78 is 3.37. The molecule has 0 bridgehead atoms. The van der Waals surface area contributed by atoms with Crippen LogP contribution in [0.5, 0.6) is 0 Å². The van der Waals surface area contributed by atoms with Gasteiger partial charge in [0.2, 0.25) is 22.8 Å². The SMILES string of the molecule is CCCCCCCCc1c(CCCC)cc(C2=CC(CCCC)=C(c3cc(CCCC)c(CCCCCCCC)c(CCCC)c3)[N+]2=[N-])cc1CCCC.CCCCCCc1cc(C2=C(CCCC)C(CCCCC)=C(c3cc(CCCCCC)c(CCCC)c(CCCCCC)c3)[N+]2=[N-])cc(CCCCCC)c1CCCC.OCc1ccccc1.OCc1ccccc1.[CH2-]CCCCC.[CH2-]CCCCC.[Ni+2].[Ni]. The Kier molecular flexibility index (Phi) is 85.5. The summed E-state index contributed by atoms with van der Waals surface area (Å²) in [5.74, 6) is 0. The standard InChI is InChI=1S/C57H94N2.C52H84N2.2C7H8O.2C6H13.2Ni/c1-9-17-25-30-34-46-42-50(43-47(35-31-26-18-10-2)52(46)38-22-14-6)56-54(40-24-16-8)55(41-29-21-13-5)57(59(56)58)51-44-48(36-32-27-19-11-3)53(39-23-15-7)49(45-51)37-33-28-20-12-4;1-8-15-22-24-26-28-35-49-42(30-17-10-3)37-47(38-43(49)31-18-11-4)51-41-46(34-21-14-7)52(54(51)53)48-39-44(32-19-12-5)50(45(40-48)33-20-13-6)36-29-27-25-23-16-9-2;2*8-6-7-4-2-1-3-5-7;2*1-3-5-6-4-2;;/h42-45H,9-41H2,1-8H3;37-41H,8-36H2,1-7H3;2*1-5,8H,6H2;2*1,3-6H2,2H3;;/q;;;;2*-1;;+2. The van der Waals surface area contributed by atoms with Crippen molar-refractivity contribution >= 4 is 22.8 Å². The van der Waals surface area contributed by atoms with E-state index in [0.29, 0.717) is 0 Å². The van der Waals surface area contributed by atoms with Gasteiger partial charge in [0.15, 0.2) is 0 Å². The zero-order valence-electron chi connectivity index (χ0n) is 96.1. The van der Waals surface area contributed by atoms with Crippen molar-refractivity contribution in [1.82, 2.24) is 0 Å². The summed E-state index contributed by atoms with van der Waals surface area (Å²) in [6.45, 7) is 47.0. The Balaban J connectivity index is 0.00000111. The monoisotopic (exact) mass is 2050 g/mol. The summed E-state index contributed by atoms with van der Waals surface area (Å²) in [7, 11) is 0. The molecular weight excluding hydrogens is 1830 g/mol. The maximum atomic E-state index is 13.0. The maximum absolute atomic E-state index is 13.0.